The van der Waals surface area contributed by atoms with Crippen LogP contribution >= 0.6 is 0 Å². The van der Waals surface area contributed by atoms with Crippen LogP contribution in [0.5, 0.6) is 0 Å². The third-order valence-corrected chi connectivity index (χ3v) is 3.92. The van der Waals surface area contributed by atoms with Crippen molar-refractivity contribution in [3.05, 3.63) is 36.6 Å². The Morgan fingerprint density at radius 1 is 1.53 bits per heavy atom. The van der Waals surface area contributed by atoms with Gasteiger partial charge in [0.2, 0.25) is 5.09 Å². The Kier molecular flexibility index (Phi) is 4.03. The van der Waals surface area contributed by atoms with E-state index in [4.69, 9.17) is 9.52 Å². The maximum Gasteiger partial charge on any atom is 0.274 e. The van der Waals surface area contributed by atoms with Crippen molar-refractivity contribution in [1.29, 1.82) is 0 Å². The Morgan fingerprint density at radius 2 is 2.32 bits per heavy atom. The number of nitrogens with zero attached hydrogens (tertiary/aromatic N) is 2. The molecule has 0 aliphatic rings. The fourth-order valence-electron chi connectivity index (χ4n) is 1.66. The van der Waals surface area contributed by atoms with Crippen molar-refractivity contribution >= 4 is 10.0 Å². The molecule has 1 unspecified atom stereocenters. The lowest BCUT2D eigenvalue weighted by molar-refractivity contribution is 0.236. The maximum absolute atomic E-state index is 12.0. The Bertz CT molecular complexity index is 618. The molecule has 0 bridgehead atoms. The van der Waals surface area contributed by atoms with Crippen LogP contribution < -0.4 is 4.72 Å². The molecule has 0 aliphatic heterocycles. The van der Waals surface area contributed by atoms with Gasteiger partial charge in [-0.3, -0.25) is 0 Å². The van der Waals surface area contributed by atoms with Gasteiger partial charge in [0, 0.05) is 25.0 Å². The van der Waals surface area contributed by atoms with Gasteiger partial charge in [0.25, 0.3) is 10.0 Å². The number of rotatable bonds is 6. The van der Waals surface area contributed by atoms with E-state index in [1.165, 1.54) is 12.1 Å². The van der Waals surface area contributed by atoms with Crippen LogP contribution in [0, 0.1) is 0 Å². The number of aliphatic hydroxyl groups excluding tert-OH is 1. The summed E-state index contributed by atoms with van der Waals surface area (Å²) < 4.78 is 33.3. The van der Waals surface area contributed by atoms with E-state index in [1.54, 1.807) is 30.2 Å². The first-order valence-electron chi connectivity index (χ1n) is 5.69. The summed E-state index contributed by atoms with van der Waals surface area (Å²) in [5.74, 6) is 0.211. The molecule has 104 valence electrons. The van der Waals surface area contributed by atoms with E-state index in [-0.39, 0.29) is 23.5 Å². The minimum atomic E-state index is -3.71. The third kappa shape index (κ3) is 3.43. The number of hydrogen-bond donors (Lipinski definition) is 2. The molecule has 2 heterocycles. The number of furan rings is 1. The zero-order valence-electron chi connectivity index (χ0n) is 10.4. The lowest BCUT2D eigenvalue weighted by atomic mass is 10.4. The van der Waals surface area contributed by atoms with E-state index >= 15 is 0 Å². The summed E-state index contributed by atoms with van der Waals surface area (Å²) in [7, 11) is -3.71. The SMILES string of the molecule is CC(Cn1ccnc1)NS(=O)(=O)c1ccc(CO)o1. The molecule has 2 N–H and O–H groups in total. The summed E-state index contributed by atoms with van der Waals surface area (Å²) >= 11 is 0. The molecule has 0 aliphatic carbocycles. The van der Waals surface area contributed by atoms with E-state index in [9.17, 15) is 8.42 Å². The fourth-order valence-corrected chi connectivity index (χ4v) is 2.84. The molecule has 0 radical (unpaired) electrons. The topological polar surface area (TPSA) is 97.4 Å². The number of aliphatic hydroxyl groups is 1. The molecule has 2 aromatic heterocycles. The van der Waals surface area contributed by atoms with Crippen molar-refractivity contribution in [3.8, 4) is 0 Å². The van der Waals surface area contributed by atoms with Crippen molar-refractivity contribution in [2.75, 3.05) is 0 Å². The van der Waals surface area contributed by atoms with E-state index in [1.807, 2.05) is 0 Å². The summed E-state index contributed by atoms with van der Waals surface area (Å²) in [5.41, 5.74) is 0. The highest BCUT2D eigenvalue weighted by Gasteiger charge is 2.21. The number of imidazole rings is 1. The van der Waals surface area contributed by atoms with Gasteiger partial charge >= 0.3 is 0 Å². The van der Waals surface area contributed by atoms with Crippen molar-refractivity contribution in [3.63, 3.8) is 0 Å². The molecule has 1 atom stereocenters. The first kappa shape index (κ1) is 13.8. The van der Waals surface area contributed by atoms with E-state index < -0.39 is 10.0 Å². The molecule has 2 rings (SSSR count). The van der Waals surface area contributed by atoms with Crippen LogP contribution in [0.4, 0.5) is 0 Å². The van der Waals surface area contributed by atoms with Crippen molar-refractivity contribution in [2.45, 2.75) is 31.2 Å². The standard InChI is InChI=1S/C11H15N3O4S/c1-9(6-14-5-4-12-8-14)13-19(16,17)11-3-2-10(7-15)18-11/h2-5,8-9,13,15H,6-7H2,1H3. The normalized spacial score (nSPS) is 13.6. The van der Waals surface area contributed by atoms with Crippen LogP contribution in [0.25, 0.3) is 0 Å². The predicted octanol–water partition coefficient (Wildman–Crippen LogP) is 0.335. The van der Waals surface area contributed by atoms with E-state index in [2.05, 4.69) is 9.71 Å². The maximum atomic E-state index is 12.0. The Balaban J connectivity index is 2.04. The van der Waals surface area contributed by atoms with Gasteiger partial charge in [-0.2, -0.15) is 0 Å². The second kappa shape index (κ2) is 5.55. The highest BCUT2D eigenvalue weighted by atomic mass is 32.2. The van der Waals surface area contributed by atoms with Gasteiger partial charge in [0.1, 0.15) is 12.4 Å². The van der Waals surface area contributed by atoms with Crippen LogP contribution in [0.1, 0.15) is 12.7 Å². The molecule has 0 saturated carbocycles. The molecular formula is C11H15N3O4S. The first-order valence-corrected chi connectivity index (χ1v) is 7.17. The Hall–Kier alpha value is -1.64. The summed E-state index contributed by atoms with van der Waals surface area (Å²) in [6, 6.07) is 2.43. The lowest BCUT2D eigenvalue weighted by Crippen LogP contribution is -2.35. The van der Waals surface area contributed by atoms with Gasteiger partial charge in [-0.1, -0.05) is 0 Å². The lowest BCUT2D eigenvalue weighted by Gasteiger charge is -2.13. The quantitative estimate of drug-likeness (QED) is 0.797. The highest BCUT2D eigenvalue weighted by Crippen LogP contribution is 2.14. The zero-order chi connectivity index (χ0) is 13.9. The summed E-state index contributed by atoms with van der Waals surface area (Å²) in [5, 5.41) is 8.65. The third-order valence-electron chi connectivity index (χ3n) is 2.46. The van der Waals surface area contributed by atoms with Crippen LogP contribution in [-0.4, -0.2) is 29.1 Å². The van der Waals surface area contributed by atoms with Gasteiger partial charge in [-0.15, -0.1) is 0 Å². The zero-order valence-corrected chi connectivity index (χ0v) is 11.2. The van der Waals surface area contributed by atoms with Gasteiger partial charge in [0.05, 0.1) is 6.33 Å². The van der Waals surface area contributed by atoms with E-state index in [0.717, 1.165) is 0 Å². The molecule has 0 amide bonds. The minimum absolute atomic E-state index is 0.200. The Labute approximate surface area is 110 Å². The largest absolute Gasteiger partial charge is 0.446 e. The van der Waals surface area contributed by atoms with Gasteiger partial charge in [0.15, 0.2) is 0 Å². The predicted molar refractivity (Wildman–Crippen MR) is 66.6 cm³/mol. The Morgan fingerprint density at radius 3 is 2.89 bits per heavy atom. The fraction of sp³-hybridized carbons (Fsp3) is 0.364. The average Bonchev–Trinajstić information content (AvgIpc) is 2.97. The number of hydrogen-bond acceptors (Lipinski definition) is 5. The molecular weight excluding hydrogens is 270 g/mol. The van der Waals surface area contributed by atoms with E-state index in [0.29, 0.717) is 6.54 Å². The van der Waals surface area contributed by atoms with Crippen molar-refractivity contribution in [1.82, 2.24) is 14.3 Å². The van der Waals surface area contributed by atoms with Crippen molar-refractivity contribution in [2.24, 2.45) is 0 Å². The number of sulfonamides is 1. The van der Waals surface area contributed by atoms with Gasteiger partial charge < -0.3 is 14.1 Å². The smallest absolute Gasteiger partial charge is 0.274 e. The molecule has 8 heteroatoms. The first-order chi connectivity index (χ1) is 9.01. The molecule has 0 fully saturated rings. The number of nitrogens with one attached hydrogen (secondary N) is 1. The monoisotopic (exact) mass is 285 g/mol. The molecule has 19 heavy (non-hydrogen) atoms. The minimum Gasteiger partial charge on any atom is -0.446 e. The van der Waals surface area contributed by atoms with Crippen LogP contribution in [0.2, 0.25) is 0 Å². The molecule has 7 nitrogen and oxygen atoms in total. The molecule has 0 spiro atoms. The molecule has 2 aromatic rings. The average molecular weight is 285 g/mol. The summed E-state index contributed by atoms with van der Waals surface area (Å²) in [4.78, 5) is 3.88. The summed E-state index contributed by atoms with van der Waals surface area (Å²) in [6.07, 6.45) is 4.99. The van der Waals surface area contributed by atoms with Gasteiger partial charge in [-0.25, -0.2) is 18.1 Å². The molecule has 0 aromatic carbocycles. The highest BCUT2D eigenvalue weighted by molar-refractivity contribution is 7.89. The van der Waals surface area contributed by atoms with Crippen molar-refractivity contribution < 1.29 is 17.9 Å². The number of aromatic nitrogens is 2. The summed E-state index contributed by atoms with van der Waals surface area (Å²) in [6.45, 7) is 1.88. The van der Waals surface area contributed by atoms with Crippen LogP contribution in [0.15, 0.2) is 40.4 Å². The van der Waals surface area contributed by atoms with Crippen LogP contribution in [-0.2, 0) is 23.2 Å². The van der Waals surface area contributed by atoms with Crippen LogP contribution in [0.3, 0.4) is 0 Å². The van der Waals surface area contributed by atoms with Gasteiger partial charge in [-0.05, 0) is 19.1 Å². The second-order valence-electron chi connectivity index (χ2n) is 4.16. The second-order valence-corrected chi connectivity index (χ2v) is 5.81. The molecule has 0 saturated heterocycles.